The molecule has 1 atom stereocenters. The van der Waals surface area contributed by atoms with Gasteiger partial charge in [-0.05, 0) is 79.9 Å². The number of hydrogen-bond donors (Lipinski definition) is 2. The summed E-state index contributed by atoms with van der Waals surface area (Å²) in [6.45, 7) is 4.93. The van der Waals surface area contributed by atoms with Gasteiger partial charge in [0.05, 0.1) is 5.35 Å². The second-order valence-electron chi connectivity index (χ2n) is 7.63. The molecule has 1 amide bonds. The third-order valence-electron chi connectivity index (χ3n) is 4.90. The number of benzene rings is 1. The standard InChI is InChI=1S/C22H27IN6O/c1-14-9-16(10-18(23)15(14)2)26-22-17-11-20(27-21(30)7-6-8-28(3)4)29(5)12-19(17)24-13-25-22/h6-7,9-13,20H,8H2,1-5H3,(H,27,30)(H,24,25,26)/b7-6+. The molecule has 0 aliphatic carbocycles. The molecule has 158 valence electrons. The van der Waals surface area contributed by atoms with Gasteiger partial charge in [-0.1, -0.05) is 6.08 Å². The van der Waals surface area contributed by atoms with Crippen LogP contribution in [0.5, 0.6) is 0 Å². The summed E-state index contributed by atoms with van der Waals surface area (Å²) in [5.74, 6) is 0.572. The van der Waals surface area contributed by atoms with Gasteiger partial charge in [-0.25, -0.2) is 9.97 Å². The molecule has 1 unspecified atom stereocenters. The molecule has 7 nitrogen and oxygen atoms in total. The SMILES string of the molecule is Cc1cc(Nc2ncnc3c2=CC(NC(=O)/C=C/CN(C)C)N(C)C=3)cc(I)c1C. The Balaban J connectivity index is 1.88. The maximum absolute atomic E-state index is 12.3. The molecule has 2 aromatic rings. The molecule has 0 bridgehead atoms. The molecule has 1 aromatic carbocycles. The Bertz CT molecular complexity index is 1070. The van der Waals surface area contributed by atoms with E-state index in [0.717, 1.165) is 16.3 Å². The highest BCUT2D eigenvalue weighted by atomic mass is 127. The Kier molecular flexibility index (Phi) is 7.09. The fourth-order valence-corrected chi connectivity index (χ4v) is 3.82. The number of nitrogens with one attached hydrogen (secondary N) is 2. The first-order chi connectivity index (χ1) is 14.2. The van der Waals surface area contributed by atoms with Crippen molar-refractivity contribution < 1.29 is 4.79 Å². The molecule has 30 heavy (non-hydrogen) atoms. The van der Waals surface area contributed by atoms with Crippen LogP contribution in [0.3, 0.4) is 0 Å². The zero-order valence-electron chi connectivity index (χ0n) is 17.9. The highest BCUT2D eigenvalue weighted by Crippen LogP contribution is 2.22. The fraction of sp³-hybridized carbons (Fsp3) is 0.318. The second kappa shape index (κ2) is 9.57. The topological polar surface area (TPSA) is 73.4 Å². The second-order valence-corrected chi connectivity index (χ2v) is 8.79. The van der Waals surface area contributed by atoms with E-state index in [4.69, 9.17) is 0 Å². The predicted molar refractivity (Wildman–Crippen MR) is 130 cm³/mol. The van der Waals surface area contributed by atoms with Crippen LogP contribution in [0.1, 0.15) is 11.1 Å². The van der Waals surface area contributed by atoms with E-state index in [0.29, 0.717) is 12.4 Å². The van der Waals surface area contributed by atoms with Crippen molar-refractivity contribution in [2.75, 3.05) is 33.0 Å². The number of aromatic nitrogens is 2. The summed E-state index contributed by atoms with van der Waals surface area (Å²) in [5, 5.41) is 8.10. The number of nitrogens with zero attached hydrogens (tertiary/aromatic N) is 4. The third kappa shape index (κ3) is 5.37. The molecule has 0 saturated carbocycles. The minimum absolute atomic E-state index is 0.142. The van der Waals surface area contributed by atoms with Gasteiger partial charge in [-0.15, -0.1) is 0 Å². The number of rotatable bonds is 6. The van der Waals surface area contributed by atoms with Crippen LogP contribution >= 0.6 is 22.6 Å². The Hall–Kier alpha value is -2.46. The number of likely N-dealkylation sites (N-methyl/N-ethyl adjacent to an activating group) is 1. The van der Waals surface area contributed by atoms with Gasteiger partial charge in [0, 0.05) is 40.3 Å². The normalized spacial score (nSPS) is 15.6. The summed E-state index contributed by atoms with van der Waals surface area (Å²) in [6.07, 6.45) is 8.55. The lowest BCUT2D eigenvalue weighted by atomic mass is 10.1. The van der Waals surface area contributed by atoms with Gasteiger partial charge in [0.1, 0.15) is 18.3 Å². The van der Waals surface area contributed by atoms with Crippen molar-refractivity contribution in [3.05, 3.63) is 55.9 Å². The Labute approximate surface area is 190 Å². The molecule has 1 aliphatic heterocycles. The van der Waals surface area contributed by atoms with Gasteiger partial charge in [0.15, 0.2) is 0 Å². The lowest BCUT2D eigenvalue weighted by Crippen LogP contribution is -2.49. The number of halogens is 1. The molecule has 3 rings (SSSR count). The highest BCUT2D eigenvalue weighted by molar-refractivity contribution is 14.1. The van der Waals surface area contributed by atoms with Crippen LogP contribution in [0.15, 0.2) is 30.6 Å². The van der Waals surface area contributed by atoms with Crippen molar-refractivity contribution in [2.45, 2.75) is 20.0 Å². The summed E-state index contributed by atoms with van der Waals surface area (Å²) in [6, 6.07) is 4.21. The van der Waals surface area contributed by atoms with E-state index >= 15 is 0 Å². The Morgan fingerprint density at radius 3 is 2.77 bits per heavy atom. The maximum atomic E-state index is 12.3. The highest BCUT2D eigenvalue weighted by Gasteiger charge is 2.17. The molecular formula is C22H27IN6O. The minimum Gasteiger partial charge on any atom is -0.355 e. The molecule has 0 fully saturated rings. The van der Waals surface area contributed by atoms with Crippen molar-refractivity contribution in [1.82, 2.24) is 25.1 Å². The largest absolute Gasteiger partial charge is 0.355 e. The minimum atomic E-state index is -0.291. The van der Waals surface area contributed by atoms with Gasteiger partial charge >= 0.3 is 0 Å². The quantitative estimate of drug-likeness (QED) is 0.446. The summed E-state index contributed by atoms with van der Waals surface area (Å²) in [7, 11) is 5.83. The molecule has 0 radical (unpaired) electrons. The number of hydrogen-bond acceptors (Lipinski definition) is 6. The fourth-order valence-electron chi connectivity index (χ4n) is 3.06. The van der Waals surface area contributed by atoms with Gasteiger partial charge in [-0.2, -0.15) is 0 Å². The first kappa shape index (κ1) is 22.2. The van der Waals surface area contributed by atoms with E-state index in [1.807, 2.05) is 49.3 Å². The van der Waals surface area contributed by atoms with Crippen LogP contribution in [-0.4, -0.2) is 59.5 Å². The zero-order chi connectivity index (χ0) is 21.8. The van der Waals surface area contributed by atoms with Crippen molar-refractivity contribution >= 4 is 52.3 Å². The Morgan fingerprint density at radius 1 is 1.30 bits per heavy atom. The summed E-state index contributed by atoms with van der Waals surface area (Å²) >= 11 is 2.35. The molecule has 1 aliphatic rings. The maximum Gasteiger partial charge on any atom is 0.245 e. The molecular weight excluding hydrogens is 491 g/mol. The number of aryl methyl sites for hydroxylation is 1. The van der Waals surface area contributed by atoms with E-state index in [-0.39, 0.29) is 12.1 Å². The van der Waals surface area contributed by atoms with E-state index < -0.39 is 0 Å². The van der Waals surface area contributed by atoms with Crippen LogP contribution in [0.2, 0.25) is 0 Å². The zero-order valence-corrected chi connectivity index (χ0v) is 20.1. The van der Waals surface area contributed by atoms with E-state index in [9.17, 15) is 4.79 Å². The van der Waals surface area contributed by atoms with Crippen LogP contribution in [0, 0.1) is 17.4 Å². The molecule has 8 heteroatoms. The van der Waals surface area contributed by atoms with Gasteiger partial charge in [0.2, 0.25) is 5.91 Å². The van der Waals surface area contributed by atoms with Crippen LogP contribution in [0.4, 0.5) is 11.5 Å². The summed E-state index contributed by atoms with van der Waals surface area (Å²) in [5.41, 5.74) is 3.47. The number of carbonyl (C=O) groups is 1. The van der Waals surface area contributed by atoms with Crippen LogP contribution in [-0.2, 0) is 4.79 Å². The molecule has 0 saturated heterocycles. The van der Waals surface area contributed by atoms with E-state index in [2.05, 4.69) is 69.2 Å². The smallest absolute Gasteiger partial charge is 0.245 e. The van der Waals surface area contributed by atoms with E-state index in [1.165, 1.54) is 14.7 Å². The summed E-state index contributed by atoms with van der Waals surface area (Å²) < 4.78 is 1.20. The van der Waals surface area contributed by atoms with Crippen molar-refractivity contribution in [1.29, 1.82) is 0 Å². The lowest BCUT2D eigenvalue weighted by Gasteiger charge is -2.27. The van der Waals surface area contributed by atoms with Crippen molar-refractivity contribution in [3.8, 4) is 0 Å². The molecule has 0 spiro atoms. The molecule has 1 aromatic heterocycles. The number of fused-ring (bicyclic) bond motifs is 1. The lowest BCUT2D eigenvalue weighted by molar-refractivity contribution is -0.117. The molecule has 2 heterocycles. The number of anilines is 2. The number of amides is 1. The van der Waals surface area contributed by atoms with Gasteiger partial charge in [0.25, 0.3) is 0 Å². The van der Waals surface area contributed by atoms with Gasteiger partial charge in [-0.3, -0.25) is 4.79 Å². The van der Waals surface area contributed by atoms with Crippen LogP contribution in [0.25, 0.3) is 12.3 Å². The van der Waals surface area contributed by atoms with Crippen molar-refractivity contribution in [3.63, 3.8) is 0 Å². The van der Waals surface area contributed by atoms with Crippen LogP contribution < -0.4 is 21.2 Å². The van der Waals surface area contributed by atoms with Gasteiger partial charge < -0.3 is 20.4 Å². The average Bonchev–Trinajstić information content (AvgIpc) is 2.67. The van der Waals surface area contributed by atoms with Crippen molar-refractivity contribution in [2.24, 2.45) is 0 Å². The molecule has 2 N–H and O–H groups in total. The Morgan fingerprint density at radius 2 is 2.07 bits per heavy atom. The average molecular weight is 518 g/mol. The van der Waals surface area contributed by atoms with E-state index in [1.54, 1.807) is 12.4 Å². The number of carbonyl (C=O) groups excluding carboxylic acids is 1. The summed E-state index contributed by atoms with van der Waals surface area (Å²) in [4.78, 5) is 25.1. The predicted octanol–water partition coefficient (Wildman–Crippen LogP) is 1.47. The monoisotopic (exact) mass is 518 g/mol. The first-order valence-corrected chi connectivity index (χ1v) is 10.7. The third-order valence-corrected chi connectivity index (χ3v) is 6.02. The first-order valence-electron chi connectivity index (χ1n) is 9.67.